The fraction of sp³-hybridized carbons (Fsp3) is 0.667. The molecule has 0 saturated heterocycles. The number of nitrogens with two attached hydrogens (primary N) is 1. The van der Waals surface area contributed by atoms with Gasteiger partial charge in [-0.1, -0.05) is 26.3 Å². The number of rotatable bonds is 0. The SMILES string of the molecule is C/C=C\N.CCC.N.[HH].[HH]. The molecule has 0 aromatic heterocycles. The summed E-state index contributed by atoms with van der Waals surface area (Å²) in [6.07, 6.45) is 4.53. The normalized spacial score (nSPS) is 6.88. The Bertz CT molecular complexity index is 36.7. The maximum absolute atomic E-state index is 4.85. The Kier molecular flexibility index (Phi) is 61.5. The van der Waals surface area contributed by atoms with E-state index in [1.807, 2.05) is 6.92 Å². The number of hydrogen-bond acceptors (Lipinski definition) is 2. The van der Waals surface area contributed by atoms with Gasteiger partial charge in [0.05, 0.1) is 0 Å². The van der Waals surface area contributed by atoms with Crippen molar-refractivity contribution in [3.63, 3.8) is 0 Å². The average Bonchev–Trinajstić information content (AvgIpc) is 1.69. The summed E-state index contributed by atoms with van der Waals surface area (Å²) in [6, 6.07) is 0. The third kappa shape index (κ3) is 446. The van der Waals surface area contributed by atoms with Crippen LogP contribution in [0.1, 0.15) is 30.0 Å². The number of allylic oxidation sites excluding steroid dienone is 1. The first-order chi connectivity index (χ1) is 3.33. The van der Waals surface area contributed by atoms with Crippen LogP contribution < -0.4 is 11.9 Å². The highest BCUT2D eigenvalue weighted by molar-refractivity contribution is 4.66. The van der Waals surface area contributed by atoms with E-state index in [9.17, 15) is 0 Å². The Hall–Kier alpha value is -0.500. The number of hydrogen-bond donors (Lipinski definition) is 2. The highest BCUT2D eigenvalue weighted by Gasteiger charge is 1.35. The minimum Gasteiger partial charge on any atom is -0.405 e. The molecule has 0 aromatic rings. The standard InChI is InChI=1S/C3H7N.C3H8.H3N.2H2/c1-2-3-4;1-3-2;;;/h2-3H,4H2,1H3;3H2,1-2H3;1H3;2*1H/b3-2-;;;;. The van der Waals surface area contributed by atoms with Gasteiger partial charge in [-0.05, 0) is 13.1 Å². The molecule has 0 fully saturated rings. The van der Waals surface area contributed by atoms with E-state index in [1.54, 1.807) is 6.08 Å². The maximum atomic E-state index is 4.85. The summed E-state index contributed by atoms with van der Waals surface area (Å²) < 4.78 is 0. The van der Waals surface area contributed by atoms with E-state index in [-0.39, 0.29) is 9.00 Å². The predicted octanol–water partition coefficient (Wildman–Crippen LogP) is 2.55. The second-order valence-electron chi connectivity index (χ2n) is 1.23. The van der Waals surface area contributed by atoms with Gasteiger partial charge < -0.3 is 11.9 Å². The Morgan fingerprint density at radius 3 is 1.62 bits per heavy atom. The van der Waals surface area contributed by atoms with Crippen LogP contribution in [-0.4, -0.2) is 0 Å². The first-order valence-electron chi connectivity index (χ1n) is 2.66. The summed E-state index contributed by atoms with van der Waals surface area (Å²) in [7, 11) is 0. The topological polar surface area (TPSA) is 61.0 Å². The molecule has 56 valence electrons. The summed E-state index contributed by atoms with van der Waals surface area (Å²) in [5.74, 6) is 0. The molecule has 0 rings (SSSR count). The molecule has 0 aliphatic rings. The predicted molar refractivity (Wildman–Crippen MR) is 44.2 cm³/mol. The van der Waals surface area contributed by atoms with E-state index in [0.29, 0.717) is 0 Å². The van der Waals surface area contributed by atoms with E-state index in [4.69, 9.17) is 5.73 Å². The molecule has 2 nitrogen and oxygen atoms in total. The second kappa shape index (κ2) is 31.5. The highest BCUT2D eigenvalue weighted by atomic mass is 14.5. The molecular weight excluding hydrogens is 100 g/mol. The molecule has 0 saturated carbocycles. The van der Waals surface area contributed by atoms with Crippen LogP contribution in [0.2, 0.25) is 0 Å². The highest BCUT2D eigenvalue weighted by Crippen LogP contribution is 1.56. The minimum absolute atomic E-state index is 0. The van der Waals surface area contributed by atoms with Crippen molar-refractivity contribution in [1.82, 2.24) is 6.15 Å². The van der Waals surface area contributed by atoms with Crippen molar-refractivity contribution in [2.75, 3.05) is 0 Å². The lowest BCUT2D eigenvalue weighted by molar-refractivity contribution is 1.09. The molecule has 0 spiro atoms. The van der Waals surface area contributed by atoms with Crippen LogP contribution in [0.4, 0.5) is 0 Å². The van der Waals surface area contributed by atoms with Crippen molar-refractivity contribution in [3.05, 3.63) is 12.3 Å². The molecule has 0 radical (unpaired) electrons. The van der Waals surface area contributed by atoms with E-state index in [2.05, 4.69) is 13.8 Å². The molecule has 0 amide bonds. The summed E-state index contributed by atoms with van der Waals surface area (Å²) in [6.45, 7) is 6.12. The van der Waals surface area contributed by atoms with Gasteiger partial charge in [0, 0.05) is 2.85 Å². The second-order valence-corrected chi connectivity index (χ2v) is 1.23. The maximum Gasteiger partial charge on any atom is 0 e. The van der Waals surface area contributed by atoms with Gasteiger partial charge in [0.25, 0.3) is 0 Å². The molecule has 0 atom stereocenters. The Morgan fingerprint density at radius 1 is 1.50 bits per heavy atom. The van der Waals surface area contributed by atoms with Crippen molar-refractivity contribution in [2.24, 2.45) is 5.73 Å². The van der Waals surface area contributed by atoms with Gasteiger partial charge in [0.15, 0.2) is 0 Å². The summed E-state index contributed by atoms with van der Waals surface area (Å²) in [5, 5.41) is 0. The van der Waals surface area contributed by atoms with E-state index in [0.717, 1.165) is 0 Å². The van der Waals surface area contributed by atoms with Crippen molar-refractivity contribution in [3.8, 4) is 0 Å². The van der Waals surface area contributed by atoms with Gasteiger partial charge in [-0.2, -0.15) is 0 Å². The van der Waals surface area contributed by atoms with Crippen molar-refractivity contribution >= 4 is 0 Å². The fourth-order valence-electron chi connectivity index (χ4n) is 0. The molecule has 0 heterocycles. The van der Waals surface area contributed by atoms with Crippen LogP contribution in [0.25, 0.3) is 0 Å². The first-order valence-corrected chi connectivity index (χ1v) is 2.66. The van der Waals surface area contributed by atoms with E-state index >= 15 is 0 Å². The zero-order chi connectivity index (χ0) is 6.12. The van der Waals surface area contributed by atoms with E-state index in [1.165, 1.54) is 12.6 Å². The van der Waals surface area contributed by atoms with Crippen LogP contribution >= 0.6 is 0 Å². The van der Waals surface area contributed by atoms with Gasteiger partial charge in [0.1, 0.15) is 0 Å². The van der Waals surface area contributed by atoms with Crippen LogP contribution in [0.15, 0.2) is 12.3 Å². The zero-order valence-electron chi connectivity index (χ0n) is 6.15. The summed E-state index contributed by atoms with van der Waals surface area (Å²) in [4.78, 5) is 0. The fourth-order valence-corrected chi connectivity index (χ4v) is 0. The van der Waals surface area contributed by atoms with Gasteiger partial charge in [-0.15, -0.1) is 0 Å². The average molecular weight is 122 g/mol. The first kappa shape index (κ1) is 15.6. The molecule has 0 aliphatic heterocycles. The van der Waals surface area contributed by atoms with Crippen molar-refractivity contribution in [2.45, 2.75) is 27.2 Å². The van der Waals surface area contributed by atoms with Crippen LogP contribution in [0, 0.1) is 0 Å². The molecule has 2 heteroatoms. The van der Waals surface area contributed by atoms with Crippen LogP contribution in [0.5, 0.6) is 0 Å². The van der Waals surface area contributed by atoms with Gasteiger partial charge in [-0.25, -0.2) is 0 Å². The van der Waals surface area contributed by atoms with Gasteiger partial charge in [0.2, 0.25) is 0 Å². The molecule has 0 aromatic carbocycles. The van der Waals surface area contributed by atoms with Crippen molar-refractivity contribution in [1.29, 1.82) is 0 Å². The lowest BCUT2D eigenvalue weighted by atomic mass is 10.6. The lowest BCUT2D eigenvalue weighted by Crippen LogP contribution is -1.70. The molecule has 0 bridgehead atoms. The summed E-state index contributed by atoms with van der Waals surface area (Å²) in [5.41, 5.74) is 4.85. The summed E-state index contributed by atoms with van der Waals surface area (Å²) >= 11 is 0. The Morgan fingerprint density at radius 2 is 1.62 bits per heavy atom. The minimum atomic E-state index is 0. The quantitative estimate of drug-likeness (QED) is 0.518. The monoisotopic (exact) mass is 122 g/mol. The third-order valence-corrected chi connectivity index (χ3v) is 0.192. The lowest BCUT2D eigenvalue weighted by Gasteiger charge is -1.53. The Labute approximate surface area is 55.3 Å². The molecule has 0 unspecified atom stereocenters. The van der Waals surface area contributed by atoms with Crippen LogP contribution in [-0.2, 0) is 0 Å². The van der Waals surface area contributed by atoms with Gasteiger partial charge in [-0.3, -0.25) is 0 Å². The zero-order valence-corrected chi connectivity index (χ0v) is 6.15. The third-order valence-electron chi connectivity index (χ3n) is 0.192. The molecular formula is C6H22N2. The smallest absolute Gasteiger partial charge is 0 e. The van der Waals surface area contributed by atoms with Crippen LogP contribution in [0.3, 0.4) is 0 Å². The van der Waals surface area contributed by atoms with E-state index < -0.39 is 0 Å². The van der Waals surface area contributed by atoms with Gasteiger partial charge >= 0.3 is 0 Å². The molecule has 8 heavy (non-hydrogen) atoms. The Balaban J connectivity index is -0.0000000131. The molecule has 5 N–H and O–H groups in total. The molecule has 0 aliphatic carbocycles. The van der Waals surface area contributed by atoms with Crippen molar-refractivity contribution < 1.29 is 2.85 Å². The largest absolute Gasteiger partial charge is 0.405 e.